The highest BCUT2D eigenvalue weighted by Gasteiger charge is 2.39. The van der Waals surface area contributed by atoms with Crippen LogP contribution in [-0.4, -0.2) is 35.5 Å². The van der Waals surface area contributed by atoms with Gasteiger partial charge in [0.25, 0.3) is 0 Å². The Kier molecular flexibility index (Phi) is 5.70. The molecule has 1 aliphatic carbocycles. The molecule has 1 fully saturated rings. The highest BCUT2D eigenvalue weighted by Crippen LogP contribution is 2.39. The molecule has 28 heavy (non-hydrogen) atoms. The van der Waals surface area contributed by atoms with Crippen LogP contribution in [0.25, 0.3) is 21.2 Å². The summed E-state index contributed by atoms with van der Waals surface area (Å²) in [6.45, 7) is 5.42. The zero-order valence-electron chi connectivity index (χ0n) is 16.0. The standard InChI is InChI=1S/C18H22ClN5O3S/c1-4-18(3,23-24-20)15-10-22-17(14-9-21-16(19)8-13(14)15)27-11-6-12(7-11)28(25,26)5-2/h8-12H,4-7H2,1-3H3. The number of sulfone groups is 1. The number of halogens is 1. The Balaban J connectivity index is 1.96. The Hall–Kier alpha value is -2.09. The molecular formula is C18H22ClN5O3S. The molecule has 0 amide bonds. The van der Waals surface area contributed by atoms with E-state index in [0.29, 0.717) is 35.7 Å². The van der Waals surface area contributed by atoms with Crippen molar-refractivity contribution >= 4 is 32.2 Å². The zero-order chi connectivity index (χ0) is 20.5. The molecule has 1 atom stereocenters. The van der Waals surface area contributed by atoms with Gasteiger partial charge >= 0.3 is 0 Å². The van der Waals surface area contributed by atoms with Crippen molar-refractivity contribution in [1.82, 2.24) is 9.97 Å². The minimum absolute atomic E-state index is 0.137. The number of ether oxygens (including phenoxy) is 1. The van der Waals surface area contributed by atoms with Crippen LogP contribution in [0.1, 0.15) is 45.6 Å². The molecule has 0 radical (unpaired) electrons. The maximum absolute atomic E-state index is 11.9. The van der Waals surface area contributed by atoms with Crippen molar-refractivity contribution in [2.45, 2.75) is 56.9 Å². The van der Waals surface area contributed by atoms with Crippen molar-refractivity contribution in [2.24, 2.45) is 5.11 Å². The van der Waals surface area contributed by atoms with Gasteiger partial charge in [-0.15, -0.1) is 0 Å². The smallest absolute Gasteiger partial charge is 0.223 e. The van der Waals surface area contributed by atoms with Crippen LogP contribution in [0.2, 0.25) is 5.15 Å². The largest absolute Gasteiger partial charge is 0.474 e. The second-order valence-corrected chi connectivity index (χ2v) is 10.1. The molecule has 1 saturated carbocycles. The van der Waals surface area contributed by atoms with E-state index in [1.807, 2.05) is 13.8 Å². The molecule has 10 heteroatoms. The first-order chi connectivity index (χ1) is 13.2. The maximum atomic E-state index is 11.9. The Morgan fingerprint density at radius 2 is 2.04 bits per heavy atom. The lowest BCUT2D eigenvalue weighted by molar-refractivity contribution is 0.119. The predicted octanol–water partition coefficient (Wildman–Crippen LogP) is 4.56. The lowest BCUT2D eigenvalue weighted by atomic mass is 9.88. The topological polar surface area (TPSA) is 118 Å². The molecular weight excluding hydrogens is 402 g/mol. The zero-order valence-corrected chi connectivity index (χ0v) is 17.5. The van der Waals surface area contributed by atoms with Gasteiger partial charge in [0.05, 0.1) is 16.2 Å². The fourth-order valence-corrected chi connectivity index (χ4v) is 4.97. The normalized spacial score (nSPS) is 21.4. The van der Waals surface area contributed by atoms with Gasteiger partial charge in [-0.25, -0.2) is 18.4 Å². The van der Waals surface area contributed by atoms with Gasteiger partial charge in [-0.1, -0.05) is 30.6 Å². The molecule has 0 N–H and O–H groups in total. The van der Waals surface area contributed by atoms with Crippen molar-refractivity contribution in [1.29, 1.82) is 0 Å². The van der Waals surface area contributed by atoms with Crippen LogP contribution in [0.5, 0.6) is 5.88 Å². The summed E-state index contributed by atoms with van der Waals surface area (Å²) < 4.78 is 29.9. The van der Waals surface area contributed by atoms with Crippen LogP contribution >= 0.6 is 11.6 Å². The van der Waals surface area contributed by atoms with Gasteiger partial charge in [-0.3, -0.25) is 0 Å². The third-order valence-corrected chi connectivity index (χ3v) is 7.89. The van der Waals surface area contributed by atoms with Crippen molar-refractivity contribution in [3.63, 3.8) is 0 Å². The highest BCUT2D eigenvalue weighted by atomic mass is 35.5. The first kappa shape index (κ1) is 20.6. The van der Waals surface area contributed by atoms with E-state index in [1.54, 1.807) is 25.4 Å². The van der Waals surface area contributed by atoms with Crippen LogP contribution in [0, 0.1) is 0 Å². The fraction of sp³-hybridized carbons (Fsp3) is 0.556. The van der Waals surface area contributed by atoms with Crippen LogP contribution in [-0.2, 0) is 15.4 Å². The van der Waals surface area contributed by atoms with Gasteiger partial charge < -0.3 is 4.74 Å². The average molecular weight is 424 g/mol. The van der Waals surface area contributed by atoms with E-state index in [9.17, 15) is 8.42 Å². The number of nitrogens with zero attached hydrogens (tertiary/aromatic N) is 5. The Morgan fingerprint density at radius 3 is 2.64 bits per heavy atom. The van der Waals surface area contributed by atoms with E-state index in [4.69, 9.17) is 21.9 Å². The molecule has 0 spiro atoms. The lowest BCUT2D eigenvalue weighted by Crippen LogP contribution is -2.43. The molecule has 8 nitrogen and oxygen atoms in total. The number of azide groups is 1. The first-order valence-corrected chi connectivity index (χ1v) is 11.2. The summed E-state index contributed by atoms with van der Waals surface area (Å²) >= 11 is 6.10. The summed E-state index contributed by atoms with van der Waals surface area (Å²) in [5, 5.41) is 5.31. The number of fused-ring (bicyclic) bond motifs is 1. The van der Waals surface area contributed by atoms with Crippen molar-refractivity contribution in [3.05, 3.63) is 39.6 Å². The maximum Gasteiger partial charge on any atom is 0.223 e. The number of rotatable bonds is 7. The predicted molar refractivity (Wildman–Crippen MR) is 108 cm³/mol. The number of pyridine rings is 2. The van der Waals surface area contributed by atoms with Gasteiger partial charge in [0.2, 0.25) is 5.88 Å². The Labute approximate surface area is 168 Å². The van der Waals surface area contributed by atoms with E-state index in [-0.39, 0.29) is 17.1 Å². The minimum Gasteiger partial charge on any atom is -0.474 e. The molecule has 0 bridgehead atoms. The summed E-state index contributed by atoms with van der Waals surface area (Å²) in [5.41, 5.74) is 8.91. The monoisotopic (exact) mass is 423 g/mol. The van der Waals surface area contributed by atoms with E-state index in [1.165, 1.54) is 0 Å². The Bertz CT molecular complexity index is 1050. The SMILES string of the molecule is CCC(C)(N=[N+]=[N-])c1cnc(OC2CC(S(=O)(=O)CC)C2)c2cnc(Cl)cc12. The highest BCUT2D eigenvalue weighted by molar-refractivity contribution is 7.92. The van der Waals surface area contributed by atoms with Crippen LogP contribution in [0.3, 0.4) is 0 Å². The van der Waals surface area contributed by atoms with Gasteiger partial charge in [0, 0.05) is 35.9 Å². The molecule has 0 saturated heterocycles. The second kappa shape index (κ2) is 7.73. The molecule has 1 unspecified atom stereocenters. The van der Waals surface area contributed by atoms with Crippen LogP contribution in [0.15, 0.2) is 23.6 Å². The molecule has 1 aliphatic rings. The number of hydrogen-bond acceptors (Lipinski definition) is 6. The third kappa shape index (κ3) is 3.74. The molecule has 0 aromatic carbocycles. The molecule has 3 rings (SSSR count). The van der Waals surface area contributed by atoms with Crippen LogP contribution in [0.4, 0.5) is 0 Å². The summed E-state index contributed by atoms with van der Waals surface area (Å²) in [6, 6.07) is 1.70. The van der Waals surface area contributed by atoms with Crippen molar-refractivity contribution in [3.8, 4) is 5.88 Å². The van der Waals surface area contributed by atoms with E-state index < -0.39 is 15.4 Å². The van der Waals surface area contributed by atoms with Crippen LogP contribution < -0.4 is 4.74 Å². The molecule has 0 aliphatic heterocycles. The van der Waals surface area contributed by atoms with E-state index >= 15 is 0 Å². The summed E-state index contributed by atoms with van der Waals surface area (Å²) in [6.07, 6.45) is 4.48. The molecule has 2 aromatic heterocycles. The van der Waals surface area contributed by atoms with Gasteiger partial charge in [0.1, 0.15) is 11.3 Å². The van der Waals surface area contributed by atoms with E-state index in [0.717, 1.165) is 10.9 Å². The van der Waals surface area contributed by atoms with Crippen molar-refractivity contribution in [2.75, 3.05) is 5.75 Å². The minimum atomic E-state index is -3.05. The molecule has 2 heterocycles. The number of aromatic nitrogens is 2. The Morgan fingerprint density at radius 1 is 1.32 bits per heavy atom. The fourth-order valence-electron chi connectivity index (χ4n) is 3.32. The summed E-state index contributed by atoms with van der Waals surface area (Å²) in [7, 11) is -3.05. The van der Waals surface area contributed by atoms with Gasteiger partial charge in [-0.2, -0.15) is 0 Å². The van der Waals surface area contributed by atoms with E-state index in [2.05, 4.69) is 20.0 Å². The molecule has 150 valence electrons. The lowest BCUT2D eigenvalue weighted by Gasteiger charge is -2.34. The van der Waals surface area contributed by atoms with Crippen molar-refractivity contribution < 1.29 is 13.2 Å². The quantitative estimate of drug-likeness (QED) is 0.280. The van der Waals surface area contributed by atoms with Gasteiger partial charge in [0.15, 0.2) is 9.84 Å². The number of hydrogen-bond donors (Lipinski definition) is 0. The summed E-state index contributed by atoms with van der Waals surface area (Å²) in [4.78, 5) is 11.5. The molecule has 2 aromatic rings. The second-order valence-electron chi connectivity index (χ2n) is 7.13. The third-order valence-electron chi connectivity index (χ3n) is 5.48. The average Bonchev–Trinajstić information content (AvgIpc) is 2.63. The van der Waals surface area contributed by atoms with Gasteiger partial charge in [-0.05, 0) is 35.9 Å². The summed E-state index contributed by atoms with van der Waals surface area (Å²) in [5.74, 6) is 0.511. The first-order valence-electron chi connectivity index (χ1n) is 9.13.